The Balaban J connectivity index is 1.97. The Labute approximate surface area is 171 Å². The minimum absolute atomic E-state index is 0.0391. The number of fused-ring (bicyclic) bond motifs is 1. The molecule has 4 aromatic rings. The van der Waals surface area contributed by atoms with Gasteiger partial charge in [-0.1, -0.05) is 49.7 Å². The van der Waals surface area contributed by atoms with E-state index in [-0.39, 0.29) is 16.9 Å². The van der Waals surface area contributed by atoms with Crippen LogP contribution in [-0.2, 0) is 0 Å². The monoisotopic (exact) mass is 407 g/mol. The summed E-state index contributed by atoms with van der Waals surface area (Å²) in [6.45, 7) is 4.21. The minimum atomic E-state index is -0.748. The van der Waals surface area contributed by atoms with Crippen LogP contribution in [0.15, 0.2) is 53.3 Å². The standard InChI is InChI=1S/C21H18ClN5O2/c1-11(2)12-3-5-13(6-4-12)19-24-16(18(23)28)17-20(26-19)27(21(29)25-17)15-9-7-14(22)8-10-15/h3-11H,1-2H3,(H2,23,28)(H,25,29). The van der Waals surface area contributed by atoms with Crippen LogP contribution in [0, 0.1) is 0 Å². The first kappa shape index (κ1) is 18.9. The molecule has 0 bridgehead atoms. The number of aromatic nitrogens is 4. The van der Waals surface area contributed by atoms with E-state index in [1.807, 2.05) is 24.3 Å². The summed E-state index contributed by atoms with van der Waals surface area (Å²) in [5, 5.41) is 0.542. The number of amides is 1. The molecule has 29 heavy (non-hydrogen) atoms. The van der Waals surface area contributed by atoms with Gasteiger partial charge in [0.25, 0.3) is 5.91 Å². The largest absolute Gasteiger partial charge is 0.364 e. The minimum Gasteiger partial charge on any atom is -0.364 e. The molecule has 0 radical (unpaired) electrons. The number of imidazole rings is 1. The van der Waals surface area contributed by atoms with Crippen LogP contribution in [-0.4, -0.2) is 25.4 Å². The topological polar surface area (TPSA) is 107 Å². The van der Waals surface area contributed by atoms with Gasteiger partial charge < -0.3 is 10.7 Å². The Morgan fingerprint density at radius 1 is 1.07 bits per heavy atom. The van der Waals surface area contributed by atoms with E-state index in [4.69, 9.17) is 17.3 Å². The molecule has 1 amide bonds. The summed E-state index contributed by atoms with van der Waals surface area (Å²) in [6.07, 6.45) is 0. The number of nitrogens with zero attached hydrogens (tertiary/aromatic N) is 3. The summed E-state index contributed by atoms with van der Waals surface area (Å²) in [4.78, 5) is 36.2. The van der Waals surface area contributed by atoms with E-state index in [0.717, 1.165) is 5.56 Å². The molecule has 0 saturated carbocycles. The van der Waals surface area contributed by atoms with Crippen LogP contribution in [0.4, 0.5) is 0 Å². The molecule has 4 rings (SSSR count). The van der Waals surface area contributed by atoms with E-state index in [1.165, 1.54) is 10.1 Å². The van der Waals surface area contributed by atoms with Gasteiger partial charge in [0.2, 0.25) is 0 Å². The Kier molecular flexibility index (Phi) is 4.68. The summed E-state index contributed by atoms with van der Waals surface area (Å²) in [6, 6.07) is 14.5. The quantitative estimate of drug-likeness (QED) is 0.538. The predicted molar refractivity (Wildman–Crippen MR) is 113 cm³/mol. The molecule has 2 heterocycles. The zero-order valence-corrected chi connectivity index (χ0v) is 16.6. The molecule has 0 aliphatic carbocycles. The van der Waals surface area contributed by atoms with E-state index in [0.29, 0.717) is 22.5 Å². The zero-order valence-electron chi connectivity index (χ0n) is 15.8. The number of primary amides is 1. The number of rotatable bonds is 4. The molecular formula is C21H18ClN5O2. The van der Waals surface area contributed by atoms with Crippen LogP contribution < -0.4 is 11.4 Å². The number of halogens is 1. The van der Waals surface area contributed by atoms with Gasteiger partial charge in [0.05, 0.1) is 5.69 Å². The highest BCUT2D eigenvalue weighted by molar-refractivity contribution is 6.30. The lowest BCUT2D eigenvalue weighted by molar-refractivity contribution is 0.0997. The van der Waals surface area contributed by atoms with Crippen molar-refractivity contribution in [2.75, 3.05) is 0 Å². The van der Waals surface area contributed by atoms with Crippen LogP contribution in [0.3, 0.4) is 0 Å². The van der Waals surface area contributed by atoms with Gasteiger partial charge in [-0.05, 0) is 35.7 Å². The molecule has 0 unspecified atom stereocenters. The molecule has 0 atom stereocenters. The van der Waals surface area contributed by atoms with E-state index in [9.17, 15) is 9.59 Å². The van der Waals surface area contributed by atoms with Gasteiger partial charge in [0, 0.05) is 10.6 Å². The lowest BCUT2D eigenvalue weighted by atomic mass is 10.0. The maximum atomic E-state index is 12.6. The summed E-state index contributed by atoms with van der Waals surface area (Å²) < 4.78 is 1.37. The summed E-state index contributed by atoms with van der Waals surface area (Å²) in [5.74, 6) is -0.0568. The second-order valence-corrected chi connectivity index (χ2v) is 7.41. The number of nitrogens with two attached hydrogens (primary N) is 1. The van der Waals surface area contributed by atoms with Crippen molar-refractivity contribution in [2.24, 2.45) is 5.73 Å². The van der Waals surface area contributed by atoms with Gasteiger partial charge in [-0.3, -0.25) is 4.79 Å². The summed E-state index contributed by atoms with van der Waals surface area (Å²) in [5.41, 5.74) is 7.95. The number of nitrogens with one attached hydrogen (secondary N) is 1. The fourth-order valence-electron chi connectivity index (χ4n) is 3.14. The average Bonchev–Trinajstić information content (AvgIpc) is 3.03. The molecule has 0 aliphatic heterocycles. The third-order valence-electron chi connectivity index (χ3n) is 4.69. The van der Waals surface area contributed by atoms with Crippen molar-refractivity contribution in [3.05, 3.63) is 75.3 Å². The van der Waals surface area contributed by atoms with E-state index >= 15 is 0 Å². The first-order valence-electron chi connectivity index (χ1n) is 9.04. The molecule has 2 aromatic carbocycles. The molecule has 2 aromatic heterocycles. The van der Waals surface area contributed by atoms with Crippen molar-refractivity contribution in [2.45, 2.75) is 19.8 Å². The van der Waals surface area contributed by atoms with E-state index < -0.39 is 11.6 Å². The number of benzene rings is 2. The highest BCUT2D eigenvalue weighted by atomic mass is 35.5. The van der Waals surface area contributed by atoms with Gasteiger partial charge in [-0.15, -0.1) is 0 Å². The Bertz CT molecular complexity index is 1270. The molecule has 0 spiro atoms. The van der Waals surface area contributed by atoms with Crippen molar-refractivity contribution < 1.29 is 4.79 Å². The van der Waals surface area contributed by atoms with Gasteiger partial charge in [-0.2, -0.15) is 0 Å². The average molecular weight is 408 g/mol. The maximum absolute atomic E-state index is 12.6. The third-order valence-corrected chi connectivity index (χ3v) is 4.94. The SMILES string of the molecule is CC(C)c1ccc(-c2nc(C(N)=O)c3[nH]c(=O)n(-c4ccc(Cl)cc4)c3n2)cc1. The first-order chi connectivity index (χ1) is 13.8. The normalized spacial score (nSPS) is 11.3. The van der Waals surface area contributed by atoms with Crippen LogP contribution in [0.1, 0.15) is 35.8 Å². The maximum Gasteiger partial charge on any atom is 0.332 e. The lowest BCUT2D eigenvalue weighted by Crippen LogP contribution is -2.15. The Morgan fingerprint density at radius 3 is 2.31 bits per heavy atom. The second kappa shape index (κ2) is 7.18. The smallest absolute Gasteiger partial charge is 0.332 e. The zero-order chi connectivity index (χ0) is 20.7. The van der Waals surface area contributed by atoms with E-state index in [1.54, 1.807) is 24.3 Å². The van der Waals surface area contributed by atoms with Crippen molar-refractivity contribution >= 4 is 28.7 Å². The van der Waals surface area contributed by atoms with Crippen LogP contribution >= 0.6 is 11.6 Å². The fourth-order valence-corrected chi connectivity index (χ4v) is 3.27. The molecule has 0 fully saturated rings. The lowest BCUT2D eigenvalue weighted by Gasteiger charge is -2.08. The fraction of sp³-hybridized carbons (Fsp3) is 0.143. The second-order valence-electron chi connectivity index (χ2n) is 6.98. The summed E-state index contributed by atoms with van der Waals surface area (Å²) in [7, 11) is 0. The number of carbonyl (C=O) groups is 1. The van der Waals surface area contributed by atoms with E-state index in [2.05, 4.69) is 28.8 Å². The van der Waals surface area contributed by atoms with Crippen molar-refractivity contribution in [3.8, 4) is 17.1 Å². The molecule has 146 valence electrons. The Hall–Kier alpha value is -3.45. The third kappa shape index (κ3) is 3.40. The van der Waals surface area contributed by atoms with Crippen LogP contribution in [0.2, 0.25) is 5.02 Å². The van der Waals surface area contributed by atoms with Crippen molar-refractivity contribution in [1.82, 2.24) is 19.5 Å². The molecule has 0 aliphatic rings. The van der Waals surface area contributed by atoms with Gasteiger partial charge >= 0.3 is 5.69 Å². The van der Waals surface area contributed by atoms with Crippen molar-refractivity contribution in [1.29, 1.82) is 0 Å². The van der Waals surface area contributed by atoms with Gasteiger partial charge in [-0.25, -0.2) is 19.3 Å². The van der Waals surface area contributed by atoms with Gasteiger partial charge in [0.1, 0.15) is 5.52 Å². The predicted octanol–water partition coefficient (Wildman–Crippen LogP) is 3.65. The highest BCUT2D eigenvalue weighted by Gasteiger charge is 2.20. The number of aromatic amines is 1. The number of hydrogen-bond donors (Lipinski definition) is 2. The van der Waals surface area contributed by atoms with Crippen LogP contribution in [0.25, 0.3) is 28.2 Å². The number of hydrogen-bond acceptors (Lipinski definition) is 4. The molecule has 3 N–H and O–H groups in total. The summed E-state index contributed by atoms with van der Waals surface area (Å²) >= 11 is 5.96. The molecule has 7 nitrogen and oxygen atoms in total. The molecule has 8 heteroatoms. The van der Waals surface area contributed by atoms with Crippen LogP contribution in [0.5, 0.6) is 0 Å². The highest BCUT2D eigenvalue weighted by Crippen LogP contribution is 2.24. The first-order valence-corrected chi connectivity index (χ1v) is 9.42. The molecular weight excluding hydrogens is 390 g/mol. The molecule has 0 saturated heterocycles. The number of H-pyrrole nitrogens is 1. The van der Waals surface area contributed by atoms with Gasteiger partial charge in [0.15, 0.2) is 17.2 Å². The Morgan fingerprint density at radius 2 is 1.72 bits per heavy atom. The van der Waals surface area contributed by atoms with Crippen molar-refractivity contribution in [3.63, 3.8) is 0 Å². The number of carbonyl (C=O) groups excluding carboxylic acids is 1.